The van der Waals surface area contributed by atoms with Gasteiger partial charge in [0.1, 0.15) is 0 Å². The fourth-order valence-corrected chi connectivity index (χ4v) is 1.33. The van der Waals surface area contributed by atoms with Crippen LogP contribution >= 0.6 is 0 Å². The Morgan fingerprint density at radius 1 is 1.18 bits per heavy atom. The molecule has 68 valence electrons. The first-order valence-corrected chi connectivity index (χ1v) is 4.42. The lowest BCUT2D eigenvalue weighted by Crippen LogP contribution is -2.09. The van der Waals surface area contributed by atoms with Crippen molar-refractivity contribution in [3.8, 4) is 0 Å². The van der Waals surface area contributed by atoms with E-state index in [0.29, 0.717) is 11.8 Å². The minimum Gasteiger partial charge on any atom is -0.396 e. The van der Waals surface area contributed by atoms with Gasteiger partial charge in [-0.15, -0.1) is 0 Å². The van der Waals surface area contributed by atoms with Gasteiger partial charge in [-0.25, -0.2) is 0 Å². The second-order valence-electron chi connectivity index (χ2n) is 3.54. The largest absolute Gasteiger partial charge is 0.396 e. The molecule has 2 heteroatoms. The highest BCUT2D eigenvalue weighted by Crippen LogP contribution is 2.15. The van der Waals surface area contributed by atoms with Crippen LogP contribution in [0.15, 0.2) is 0 Å². The third kappa shape index (κ3) is 6.32. The summed E-state index contributed by atoms with van der Waals surface area (Å²) < 4.78 is 0. The van der Waals surface area contributed by atoms with E-state index in [0.717, 1.165) is 19.3 Å². The second-order valence-corrected chi connectivity index (χ2v) is 3.54. The molecule has 2 nitrogen and oxygen atoms in total. The zero-order valence-electron chi connectivity index (χ0n) is 7.58. The SMILES string of the molecule is CC(C)C[C@@H](CO)CCCO. The standard InChI is InChI=1S/C9H20O2/c1-8(2)6-9(7-11)4-3-5-10/h8-11H,3-7H2,1-2H3/t9-/m0/s1. The van der Waals surface area contributed by atoms with E-state index in [1.54, 1.807) is 0 Å². The van der Waals surface area contributed by atoms with Crippen LogP contribution in [0.1, 0.15) is 33.1 Å². The van der Waals surface area contributed by atoms with Crippen molar-refractivity contribution in [3.05, 3.63) is 0 Å². The molecule has 0 bridgehead atoms. The van der Waals surface area contributed by atoms with E-state index in [1.807, 2.05) is 0 Å². The number of hydrogen-bond donors (Lipinski definition) is 2. The Morgan fingerprint density at radius 3 is 2.18 bits per heavy atom. The fourth-order valence-electron chi connectivity index (χ4n) is 1.33. The van der Waals surface area contributed by atoms with Crippen molar-refractivity contribution in [3.63, 3.8) is 0 Å². The normalized spacial score (nSPS) is 13.9. The van der Waals surface area contributed by atoms with Crippen molar-refractivity contribution in [1.82, 2.24) is 0 Å². The predicted octanol–water partition coefficient (Wildman–Crippen LogP) is 1.41. The van der Waals surface area contributed by atoms with Gasteiger partial charge in [0.25, 0.3) is 0 Å². The molecule has 0 saturated carbocycles. The molecule has 0 heterocycles. The lowest BCUT2D eigenvalue weighted by atomic mass is 9.94. The van der Waals surface area contributed by atoms with Gasteiger partial charge >= 0.3 is 0 Å². The highest BCUT2D eigenvalue weighted by molar-refractivity contribution is 4.59. The number of hydrogen-bond acceptors (Lipinski definition) is 2. The highest BCUT2D eigenvalue weighted by Gasteiger charge is 2.08. The molecule has 0 spiro atoms. The van der Waals surface area contributed by atoms with Crippen LogP contribution in [0.3, 0.4) is 0 Å². The van der Waals surface area contributed by atoms with Crippen LogP contribution in [0.4, 0.5) is 0 Å². The van der Waals surface area contributed by atoms with Crippen molar-refractivity contribution in [2.75, 3.05) is 13.2 Å². The Bertz CT molecular complexity index is 81.6. The molecule has 0 aromatic heterocycles. The maximum Gasteiger partial charge on any atom is 0.0459 e. The first-order chi connectivity index (χ1) is 5.20. The van der Waals surface area contributed by atoms with Gasteiger partial charge < -0.3 is 10.2 Å². The maximum atomic E-state index is 8.92. The fraction of sp³-hybridized carbons (Fsp3) is 1.00. The van der Waals surface area contributed by atoms with Crippen LogP contribution in [0.25, 0.3) is 0 Å². The summed E-state index contributed by atoms with van der Waals surface area (Å²) in [6.45, 7) is 4.82. The van der Waals surface area contributed by atoms with Crippen molar-refractivity contribution >= 4 is 0 Å². The molecule has 2 N–H and O–H groups in total. The molecule has 0 amide bonds. The summed E-state index contributed by atoms with van der Waals surface area (Å²) in [5.41, 5.74) is 0. The molecule has 0 unspecified atom stereocenters. The van der Waals surface area contributed by atoms with Gasteiger partial charge in [-0.1, -0.05) is 13.8 Å². The summed E-state index contributed by atoms with van der Waals surface area (Å²) in [5, 5.41) is 17.5. The lowest BCUT2D eigenvalue weighted by molar-refractivity contribution is 0.183. The molecule has 0 fully saturated rings. The Morgan fingerprint density at radius 2 is 1.82 bits per heavy atom. The van der Waals surface area contributed by atoms with Crippen molar-refractivity contribution in [1.29, 1.82) is 0 Å². The van der Waals surface area contributed by atoms with E-state index in [9.17, 15) is 0 Å². The van der Waals surface area contributed by atoms with Crippen LogP contribution in [-0.2, 0) is 0 Å². The minimum absolute atomic E-state index is 0.245. The van der Waals surface area contributed by atoms with Gasteiger partial charge in [-0.3, -0.25) is 0 Å². The smallest absolute Gasteiger partial charge is 0.0459 e. The summed E-state index contributed by atoms with van der Waals surface area (Å²) in [4.78, 5) is 0. The van der Waals surface area contributed by atoms with Gasteiger partial charge in [0.05, 0.1) is 0 Å². The van der Waals surface area contributed by atoms with E-state index in [-0.39, 0.29) is 13.2 Å². The Hall–Kier alpha value is -0.0800. The van der Waals surface area contributed by atoms with Crippen LogP contribution in [0.5, 0.6) is 0 Å². The van der Waals surface area contributed by atoms with E-state index in [2.05, 4.69) is 13.8 Å². The Balaban J connectivity index is 3.41. The van der Waals surface area contributed by atoms with Crippen molar-refractivity contribution in [2.24, 2.45) is 11.8 Å². The summed E-state index contributed by atoms with van der Waals surface area (Å²) in [6.07, 6.45) is 2.83. The van der Waals surface area contributed by atoms with E-state index >= 15 is 0 Å². The van der Waals surface area contributed by atoms with Gasteiger partial charge in [0.15, 0.2) is 0 Å². The topological polar surface area (TPSA) is 40.5 Å². The van der Waals surface area contributed by atoms with Crippen LogP contribution in [0, 0.1) is 11.8 Å². The van der Waals surface area contributed by atoms with E-state index in [1.165, 1.54) is 0 Å². The lowest BCUT2D eigenvalue weighted by Gasteiger charge is -2.15. The molecular formula is C9H20O2. The summed E-state index contributed by atoms with van der Waals surface area (Å²) in [7, 11) is 0. The molecule has 0 aliphatic carbocycles. The third-order valence-electron chi connectivity index (χ3n) is 1.83. The number of rotatable bonds is 6. The van der Waals surface area contributed by atoms with Gasteiger partial charge in [-0.2, -0.15) is 0 Å². The Kier molecular flexibility index (Phi) is 6.57. The third-order valence-corrected chi connectivity index (χ3v) is 1.83. The molecule has 0 aromatic carbocycles. The summed E-state index contributed by atoms with van der Waals surface area (Å²) in [5.74, 6) is 1.04. The number of aliphatic hydroxyl groups is 2. The second kappa shape index (κ2) is 6.62. The van der Waals surface area contributed by atoms with Crippen molar-refractivity contribution in [2.45, 2.75) is 33.1 Å². The molecule has 11 heavy (non-hydrogen) atoms. The first kappa shape index (κ1) is 10.9. The number of aliphatic hydroxyl groups excluding tert-OH is 2. The van der Waals surface area contributed by atoms with Crippen molar-refractivity contribution < 1.29 is 10.2 Å². The molecular weight excluding hydrogens is 140 g/mol. The monoisotopic (exact) mass is 160 g/mol. The predicted molar refractivity (Wildman–Crippen MR) is 46.4 cm³/mol. The first-order valence-electron chi connectivity index (χ1n) is 4.42. The van der Waals surface area contributed by atoms with Crippen LogP contribution in [0.2, 0.25) is 0 Å². The summed E-state index contributed by atoms with van der Waals surface area (Å²) in [6, 6.07) is 0. The molecule has 0 aliphatic heterocycles. The maximum absolute atomic E-state index is 8.92. The van der Waals surface area contributed by atoms with Crippen LogP contribution in [-0.4, -0.2) is 23.4 Å². The van der Waals surface area contributed by atoms with E-state index < -0.39 is 0 Å². The zero-order chi connectivity index (χ0) is 8.69. The highest BCUT2D eigenvalue weighted by atomic mass is 16.3. The molecule has 0 rings (SSSR count). The minimum atomic E-state index is 0.245. The van der Waals surface area contributed by atoms with Gasteiger partial charge in [-0.05, 0) is 31.1 Å². The molecule has 0 saturated heterocycles. The van der Waals surface area contributed by atoms with Gasteiger partial charge in [0, 0.05) is 13.2 Å². The van der Waals surface area contributed by atoms with Gasteiger partial charge in [0.2, 0.25) is 0 Å². The average molecular weight is 160 g/mol. The Labute approximate surface area is 69.2 Å². The quantitative estimate of drug-likeness (QED) is 0.617. The average Bonchev–Trinajstić information content (AvgIpc) is 1.97. The van der Waals surface area contributed by atoms with Crippen LogP contribution < -0.4 is 0 Å². The van der Waals surface area contributed by atoms with E-state index in [4.69, 9.17) is 10.2 Å². The molecule has 1 atom stereocenters. The molecule has 0 aliphatic rings. The zero-order valence-corrected chi connectivity index (χ0v) is 7.58. The molecule has 0 radical (unpaired) electrons. The summed E-state index contributed by atoms with van der Waals surface area (Å²) >= 11 is 0. The molecule has 0 aromatic rings.